The van der Waals surface area contributed by atoms with Crippen LogP contribution >= 0.6 is 0 Å². The minimum atomic E-state index is -4.47. The van der Waals surface area contributed by atoms with Gasteiger partial charge < -0.3 is 4.74 Å². The van der Waals surface area contributed by atoms with Crippen LogP contribution in [0.3, 0.4) is 0 Å². The van der Waals surface area contributed by atoms with E-state index >= 15 is 0 Å². The maximum Gasteiger partial charge on any atom is 0.416 e. The summed E-state index contributed by atoms with van der Waals surface area (Å²) in [5.41, 5.74) is -0.0581. The number of benzene rings is 1. The van der Waals surface area contributed by atoms with E-state index in [1.165, 1.54) is 24.3 Å². The highest BCUT2D eigenvalue weighted by molar-refractivity contribution is 5.60. The highest BCUT2D eigenvalue weighted by Crippen LogP contribution is 2.32. The molecular formula is C15H13F4NO. The van der Waals surface area contributed by atoms with E-state index in [1.54, 1.807) is 6.92 Å². The number of aromatic nitrogens is 1. The minimum absolute atomic E-state index is 0.00534. The number of pyridine rings is 1. The number of ether oxygens (including phenoxy) is 1. The van der Waals surface area contributed by atoms with Crippen LogP contribution in [-0.4, -0.2) is 11.6 Å². The van der Waals surface area contributed by atoms with Crippen molar-refractivity contribution in [2.75, 3.05) is 6.61 Å². The number of alkyl halides is 3. The van der Waals surface area contributed by atoms with E-state index in [2.05, 4.69) is 4.98 Å². The molecule has 0 aliphatic rings. The first-order chi connectivity index (χ1) is 9.90. The van der Waals surface area contributed by atoms with Gasteiger partial charge in [-0.1, -0.05) is 0 Å². The third-order valence-corrected chi connectivity index (χ3v) is 2.80. The van der Waals surface area contributed by atoms with Gasteiger partial charge in [-0.05, 0) is 43.3 Å². The Kier molecular flexibility index (Phi) is 4.57. The summed E-state index contributed by atoms with van der Waals surface area (Å²) < 4.78 is 56.8. The Morgan fingerprint density at radius 2 is 1.76 bits per heavy atom. The summed E-state index contributed by atoms with van der Waals surface area (Å²) in [6.45, 7) is 2.12. The van der Waals surface area contributed by atoms with Crippen molar-refractivity contribution in [2.45, 2.75) is 19.7 Å². The van der Waals surface area contributed by atoms with Crippen molar-refractivity contribution < 1.29 is 22.3 Å². The largest absolute Gasteiger partial charge is 0.416 e. The summed E-state index contributed by atoms with van der Waals surface area (Å²) in [4.78, 5) is 4.14. The van der Waals surface area contributed by atoms with Gasteiger partial charge in [0, 0.05) is 12.2 Å². The number of hydrogen-bond donors (Lipinski definition) is 0. The van der Waals surface area contributed by atoms with Crippen LogP contribution in [0, 0.1) is 5.82 Å². The van der Waals surface area contributed by atoms with Crippen LogP contribution in [0.5, 0.6) is 0 Å². The molecule has 6 heteroatoms. The van der Waals surface area contributed by atoms with Crippen LogP contribution in [0.4, 0.5) is 17.6 Å². The van der Waals surface area contributed by atoms with Gasteiger partial charge in [-0.2, -0.15) is 13.2 Å². The Hall–Kier alpha value is -1.95. The Labute approximate surface area is 119 Å². The lowest BCUT2D eigenvalue weighted by molar-refractivity contribution is -0.137. The van der Waals surface area contributed by atoms with E-state index in [-0.39, 0.29) is 18.0 Å². The fourth-order valence-corrected chi connectivity index (χ4v) is 1.80. The molecule has 0 radical (unpaired) electrons. The van der Waals surface area contributed by atoms with Crippen molar-refractivity contribution in [3.63, 3.8) is 0 Å². The quantitative estimate of drug-likeness (QED) is 0.778. The van der Waals surface area contributed by atoms with Gasteiger partial charge in [-0.25, -0.2) is 4.39 Å². The molecule has 0 unspecified atom stereocenters. The highest BCUT2D eigenvalue weighted by Gasteiger charge is 2.31. The molecule has 0 saturated heterocycles. The number of halogens is 4. The summed E-state index contributed by atoms with van der Waals surface area (Å²) in [5, 5.41) is 0. The van der Waals surface area contributed by atoms with Gasteiger partial charge in [0.15, 0.2) is 0 Å². The molecule has 0 fully saturated rings. The van der Waals surface area contributed by atoms with Crippen LogP contribution in [0.2, 0.25) is 0 Å². The molecule has 2 nitrogen and oxygen atoms in total. The summed E-state index contributed by atoms with van der Waals surface area (Å²) in [7, 11) is 0. The Morgan fingerprint density at radius 1 is 1.10 bits per heavy atom. The molecule has 2 aromatic rings. The second-order valence-corrected chi connectivity index (χ2v) is 4.37. The Bertz CT molecular complexity index is 608. The van der Waals surface area contributed by atoms with E-state index in [0.717, 1.165) is 12.1 Å². The first kappa shape index (κ1) is 15.4. The van der Waals surface area contributed by atoms with E-state index in [0.29, 0.717) is 12.2 Å². The molecule has 1 aromatic heterocycles. The minimum Gasteiger partial charge on any atom is -0.375 e. The van der Waals surface area contributed by atoms with Gasteiger partial charge in [0.05, 0.1) is 23.6 Å². The van der Waals surface area contributed by atoms with E-state index < -0.39 is 17.6 Å². The molecule has 0 saturated carbocycles. The molecule has 0 aliphatic carbocycles. The summed E-state index contributed by atoms with van der Waals surface area (Å²) in [6, 6.07) is 7.05. The average Bonchev–Trinajstić information content (AvgIpc) is 2.44. The second-order valence-electron chi connectivity index (χ2n) is 4.37. The van der Waals surface area contributed by atoms with Crippen LogP contribution < -0.4 is 0 Å². The molecule has 112 valence electrons. The number of rotatable bonds is 4. The summed E-state index contributed by atoms with van der Waals surface area (Å²) in [6.07, 6.45) is -4.47. The molecule has 0 N–H and O–H groups in total. The second kappa shape index (κ2) is 6.22. The third-order valence-electron chi connectivity index (χ3n) is 2.80. The smallest absolute Gasteiger partial charge is 0.375 e. The third kappa shape index (κ3) is 4.01. The molecule has 0 spiro atoms. The predicted octanol–water partition coefficient (Wildman–Crippen LogP) is 4.44. The van der Waals surface area contributed by atoms with Crippen molar-refractivity contribution in [3.8, 4) is 11.3 Å². The molecule has 1 heterocycles. The Morgan fingerprint density at radius 3 is 2.33 bits per heavy atom. The fraction of sp³-hybridized carbons (Fsp3) is 0.267. The molecule has 0 amide bonds. The first-order valence-electron chi connectivity index (χ1n) is 6.32. The van der Waals surface area contributed by atoms with E-state index in [4.69, 9.17) is 4.74 Å². The van der Waals surface area contributed by atoms with Crippen LogP contribution in [-0.2, 0) is 17.5 Å². The molecular weight excluding hydrogens is 286 g/mol. The molecule has 0 atom stereocenters. The molecule has 2 rings (SSSR count). The number of nitrogens with zero attached hydrogens (tertiary/aromatic N) is 1. The fourth-order valence-electron chi connectivity index (χ4n) is 1.80. The molecule has 0 aliphatic heterocycles. The lowest BCUT2D eigenvalue weighted by atomic mass is 10.1. The normalized spacial score (nSPS) is 11.7. The van der Waals surface area contributed by atoms with Gasteiger partial charge in [0.1, 0.15) is 5.82 Å². The van der Waals surface area contributed by atoms with Crippen molar-refractivity contribution in [1.82, 2.24) is 4.98 Å². The zero-order valence-electron chi connectivity index (χ0n) is 11.2. The maximum atomic E-state index is 12.9. The van der Waals surface area contributed by atoms with Gasteiger partial charge in [-0.15, -0.1) is 0 Å². The van der Waals surface area contributed by atoms with E-state index in [9.17, 15) is 17.6 Å². The van der Waals surface area contributed by atoms with Crippen molar-refractivity contribution in [1.29, 1.82) is 0 Å². The molecule has 1 aromatic carbocycles. The summed E-state index contributed by atoms with van der Waals surface area (Å²) >= 11 is 0. The zero-order chi connectivity index (χ0) is 15.5. The lowest BCUT2D eigenvalue weighted by Crippen LogP contribution is -2.08. The monoisotopic (exact) mass is 299 g/mol. The molecule has 21 heavy (non-hydrogen) atoms. The lowest BCUT2D eigenvalue weighted by Gasteiger charge is -2.12. The van der Waals surface area contributed by atoms with Gasteiger partial charge in [0.25, 0.3) is 0 Å². The number of hydrogen-bond acceptors (Lipinski definition) is 2. The standard InChI is InChI=1S/C15H13F4NO/c1-2-21-9-13-7-11(15(17,18)19)8-14(20-13)10-3-5-12(16)6-4-10/h3-8H,2,9H2,1H3. The zero-order valence-corrected chi connectivity index (χ0v) is 11.2. The van der Waals surface area contributed by atoms with E-state index in [1.807, 2.05) is 0 Å². The Balaban J connectivity index is 2.46. The van der Waals surface area contributed by atoms with Gasteiger partial charge in [-0.3, -0.25) is 4.98 Å². The SMILES string of the molecule is CCOCc1cc(C(F)(F)F)cc(-c2ccc(F)cc2)n1. The topological polar surface area (TPSA) is 22.1 Å². The predicted molar refractivity (Wildman–Crippen MR) is 70.0 cm³/mol. The van der Waals surface area contributed by atoms with Crippen LogP contribution in [0.25, 0.3) is 11.3 Å². The van der Waals surface area contributed by atoms with Gasteiger partial charge >= 0.3 is 6.18 Å². The van der Waals surface area contributed by atoms with Crippen molar-refractivity contribution in [2.24, 2.45) is 0 Å². The maximum absolute atomic E-state index is 12.9. The van der Waals surface area contributed by atoms with Crippen LogP contribution in [0.15, 0.2) is 36.4 Å². The van der Waals surface area contributed by atoms with Crippen LogP contribution in [0.1, 0.15) is 18.2 Å². The highest BCUT2D eigenvalue weighted by atomic mass is 19.4. The average molecular weight is 299 g/mol. The first-order valence-corrected chi connectivity index (χ1v) is 6.32. The summed E-state index contributed by atoms with van der Waals surface area (Å²) in [5.74, 6) is -0.458. The van der Waals surface area contributed by atoms with Gasteiger partial charge in [0.2, 0.25) is 0 Å². The van der Waals surface area contributed by atoms with Crippen molar-refractivity contribution in [3.05, 3.63) is 53.5 Å². The molecule has 0 bridgehead atoms. The van der Waals surface area contributed by atoms with Crippen molar-refractivity contribution >= 4 is 0 Å².